The molecule has 1 aliphatic heterocycles. The second-order valence-electron chi connectivity index (χ2n) is 7.89. The molecule has 7 nitrogen and oxygen atoms in total. The molecule has 0 bridgehead atoms. The number of ether oxygens (including phenoxy) is 1. The number of anilines is 2. The zero-order valence-electron chi connectivity index (χ0n) is 19.2. The standard InChI is InChI=1S/C25H28ClN3O4S/c1-17(4-5-18(2)34(31,32)29-12-14-33-15-13-29)19(3)23-11-10-22(16-24(23)27)28-25(30)20-6-8-21(26)9-7-20/h4-11,16H,2,12-15,27H2,1,3H3,(H,28,30)/b5-4-,19-17+. The van der Waals surface area contributed by atoms with Gasteiger partial charge in [-0.3, -0.25) is 4.79 Å². The van der Waals surface area contributed by atoms with E-state index in [4.69, 9.17) is 22.1 Å². The molecule has 3 rings (SSSR count). The molecular weight excluding hydrogens is 474 g/mol. The van der Waals surface area contributed by atoms with Crippen LogP contribution in [0.3, 0.4) is 0 Å². The van der Waals surface area contributed by atoms with Crippen molar-refractivity contribution in [2.45, 2.75) is 13.8 Å². The van der Waals surface area contributed by atoms with Gasteiger partial charge in [0.05, 0.1) is 18.1 Å². The molecule has 0 atom stereocenters. The summed E-state index contributed by atoms with van der Waals surface area (Å²) in [4.78, 5) is 12.4. The van der Waals surface area contributed by atoms with Crippen LogP contribution < -0.4 is 11.1 Å². The van der Waals surface area contributed by atoms with Gasteiger partial charge in [-0.05, 0) is 67.5 Å². The fourth-order valence-corrected chi connectivity index (χ4v) is 4.71. The average Bonchev–Trinajstić information content (AvgIpc) is 2.82. The van der Waals surface area contributed by atoms with E-state index < -0.39 is 10.0 Å². The Labute approximate surface area is 205 Å². The highest BCUT2D eigenvalue weighted by molar-refractivity contribution is 7.93. The molecular formula is C25H28ClN3O4S. The molecule has 1 aliphatic rings. The second kappa shape index (κ2) is 11.0. The van der Waals surface area contributed by atoms with E-state index in [0.717, 1.165) is 16.7 Å². The third-order valence-electron chi connectivity index (χ3n) is 5.57. The average molecular weight is 502 g/mol. The van der Waals surface area contributed by atoms with Gasteiger partial charge in [0, 0.05) is 40.6 Å². The molecule has 1 fully saturated rings. The lowest BCUT2D eigenvalue weighted by Crippen LogP contribution is -2.40. The van der Waals surface area contributed by atoms with E-state index in [-0.39, 0.29) is 10.8 Å². The van der Waals surface area contributed by atoms with Crippen LogP contribution in [0.4, 0.5) is 11.4 Å². The van der Waals surface area contributed by atoms with Crippen molar-refractivity contribution < 1.29 is 17.9 Å². The summed E-state index contributed by atoms with van der Waals surface area (Å²) in [7, 11) is -3.62. The highest BCUT2D eigenvalue weighted by Gasteiger charge is 2.25. The van der Waals surface area contributed by atoms with E-state index in [1.807, 2.05) is 19.9 Å². The van der Waals surface area contributed by atoms with Gasteiger partial charge < -0.3 is 15.8 Å². The molecule has 0 aliphatic carbocycles. The molecule has 180 valence electrons. The number of hydrogen-bond acceptors (Lipinski definition) is 5. The minimum absolute atomic E-state index is 0.0229. The number of allylic oxidation sites excluding steroid dienone is 4. The summed E-state index contributed by atoms with van der Waals surface area (Å²) < 4.78 is 32.0. The summed E-state index contributed by atoms with van der Waals surface area (Å²) in [5.74, 6) is -0.268. The first-order chi connectivity index (χ1) is 16.1. The van der Waals surface area contributed by atoms with Gasteiger partial charge in [-0.2, -0.15) is 4.31 Å². The maximum atomic E-state index is 12.7. The summed E-state index contributed by atoms with van der Waals surface area (Å²) in [6, 6.07) is 11.9. The number of nitrogens with two attached hydrogens (primary N) is 1. The normalized spacial score (nSPS) is 15.7. The first-order valence-corrected chi connectivity index (χ1v) is 12.5. The summed E-state index contributed by atoms with van der Waals surface area (Å²) in [5, 5.41) is 3.37. The lowest BCUT2D eigenvalue weighted by atomic mass is 10.00. The fourth-order valence-electron chi connectivity index (χ4n) is 3.38. The van der Waals surface area contributed by atoms with Crippen molar-refractivity contribution in [2.75, 3.05) is 37.4 Å². The predicted molar refractivity (Wildman–Crippen MR) is 138 cm³/mol. The number of sulfonamides is 1. The Morgan fingerprint density at radius 2 is 1.76 bits per heavy atom. The van der Waals surface area contributed by atoms with Crippen molar-refractivity contribution in [2.24, 2.45) is 0 Å². The highest BCUT2D eigenvalue weighted by Crippen LogP contribution is 2.28. The van der Waals surface area contributed by atoms with Crippen molar-refractivity contribution in [3.8, 4) is 0 Å². The molecule has 1 amide bonds. The summed E-state index contributed by atoms with van der Waals surface area (Å²) in [6.07, 6.45) is 3.21. The number of amides is 1. The van der Waals surface area contributed by atoms with E-state index in [2.05, 4.69) is 11.9 Å². The Bertz CT molecular complexity index is 1250. The second-order valence-corrected chi connectivity index (χ2v) is 10.3. The quantitative estimate of drug-likeness (QED) is 0.423. The third-order valence-corrected chi connectivity index (χ3v) is 7.67. The maximum Gasteiger partial charge on any atom is 0.255 e. The van der Waals surface area contributed by atoms with Gasteiger partial charge in [0.1, 0.15) is 0 Å². The molecule has 0 unspecified atom stereocenters. The highest BCUT2D eigenvalue weighted by atomic mass is 35.5. The van der Waals surface area contributed by atoms with Crippen LogP contribution >= 0.6 is 11.6 Å². The molecule has 0 radical (unpaired) electrons. The number of nitrogen functional groups attached to an aromatic ring is 1. The van der Waals surface area contributed by atoms with Crippen molar-refractivity contribution in [1.29, 1.82) is 0 Å². The summed E-state index contributed by atoms with van der Waals surface area (Å²) in [6.45, 7) is 8.91. The number of benzene rings is 2. The number of halogens is 1. The van der Waals surface area contributed by atoms with Crippen molar-refractivity contribution in [3.05, 3.63) is 87.8 Å². The molecule has 2 aromatic rings. The number of carbonyl (C=O) groups excluding carboxylic acids is 1. The first kappa shape index (κ1) is 25.7. The van der Waals surface area contributed by atoms with E-state index in [0.29, 0.717) is 48.3 Å². The van der Waals surface area contributed by atoms with Gasteiger partial charge in [-0.15, -0.1) is 0 Å². The molecule has 3 N–H and O–H groups in total. The molecule has 1 heterocycles. The Morgan fingerprint density at radius 1 is 1.12 bits per heavy atom. The van der Waals surface area contributed by atoms with E-state index in [1.165, 1.54) is 10.4 Å². The number of rotatable bonds is 7. The molecule has 0 aromatic heterocycles. The van der Waals surface area contributed by atoms with Gasteiger partial charge in [-0.25, -0.2) is 8.42 Å². The molecule has 0 spiro atoms. The minimum atomic E-state index is -3.62. The third kappa shape index (κ3) is 6.15. The predicted octanol–water partition coefficient (Wildman–Crippen LogP) is 4.70. The van der Waals surface area contributed by atoms with Gasteiger partial charge in [0.25, 0.3) is 5.91 Å². The smallest absolute Gasteiger partial charge is 0.255 e. The van der Waals surface area contributed by atoms with E-state index >= 15 is 0 Å². The lowest BCUT2D eigenvalue weighted by Gasteiger charge is -2.26. The maximum absolute atomic E-state index is 12.7. The molecule has 0 saturated carbocycles. The van der Waals surface area contributed by atoms with Crippen LogP contribution in [0.5, 0.6) is 0 Å². The van der Waals surface area contributed by atoms with Gasteiger partial charge in [0.2, 0.25) is 10.0 Å². The minimum Gasteiger partial charge on any atom is -0.398 e. The first-order valence-electron chi connectivity index (χ1n) is 10.7. The number of nitrogens with zero attached hydrogens (tertiary/aromatic N) is 1. The monoisotopic (exact) mass is 501 g/mol. The van der Waals surface area contributed by atoms with E-state index in [9.17, 15) is 13.2 Å². The Kier molecular flexibility index (Phi) is 8.33. The lowest BCUT2D eigenvalue weighted by molar-refractivity contribution is 0.0734. The number of hydrogen-bond donors (Lipinski definition) is 2. The molecule has 9 heteroatoms. The van der Waals surface area contributed by atoms with E-state index in [1.54, 1.807) is 42.5 Å². The Morgan fingerprint density at radius 3 is 2.38 bits per heavy atom. The van der Waals surface area contributed by atoms with Gasteiger partial charge >= 0.3 is 0 Å². The molecule has 1 saturated heterocycles. The van der Waals surface area contributed by atoms with Crippen LogP contribution in [0.2, 0.25) is 5.02 Å². The van der Waals surface area contributed by atoms with Crippen LogP contribution in [0, 0.1) is 0 Å². The fraction of sp³-hybridized carbons (Fsp3) is 0.240. The number of nitrogens with one attached hydrogen (secondary N) is 1. The van der Waals surface area contributed by atoms with Crippen LogP contribution in [-0.2, 0) is 14.8 Å². The SMILES string of the molecule is C=C(/C=C\C(C)=C(/C)c1ccc(NC(=O)c2ccc(Cl)cc2)cc1N)S(=O)(=O)N1CCOCC1. The number of carbonyl (C=O) groups is 1. The van der Waals surface area contributed by atoms with Crippen LogP contribution in [0.1, 0.15) is 29.8 Å². The summed E-state index contributed by atoms with van der Waals surface area (Å²) in [5.41, 5.74) is 10.3. The van der Waals surface area contributed by atoms with Crippen LogP contribution in [0.15, 0.2) is 71.7 Å². The zero-order valence-corrected chi connectivity index (χ0v) is 20.7. The van der Waals surface area contributed by atoms with Crippen LogP contribution in [0.25, 0.3) is 5.57 Å². The largest absolute Gasteiger partial charge is 0.398 e. The number of morpholine rings is 1. The summed E-state index contributed by atoms with van der Waals surface area (Å²) >= 11 is 5.87. The molecule has 34 heavy (non-hydrogen) atoms. The van der Waals surface area contributed by atoms with Crippen LogP contribution in [-0.4, -0.2) is 44.9 Å². The Balaban J connectivity index is 1.73. The van der Waals surface area contributed by atoms with Gasteiger partial charge in [-0.1, -0.05) is 30.3 Å². The Hall–Kier alpha value is -2.91. The molecule has 2 aromatic carbocycles. The topological polar surface area (TPSA) is 102 Å². The van der Waals surface area contributed by atoms with Crippen molar-refractivity contribution in [1.82, 2.24) is 4.31 Å². The van der Waals surface area contributed by atoms with Crippen molar-refractivity contribution in [3.63, 3.8) is 0 Å². The van der Waals surface area contributed by atoms with Crippen molar-refractivity contribution >= 4 is 44.5 Å². The van der Waals surface area contributed by atoms with Gasteiger partial charge in [0.15, 0.2) is 0 Å². The zero-order chi connectivity index (χ0) is 24.9.